The van der Waals surface area contributed by atoms with E-state index in [9.17, 15) is 24.8 Å². The van der Waals surface area contributed by atoms with Gasteiger partial charge in [-0.05, 0) is 48.7 Å². The van der Waals surface area contributed by atoms with Crippen LogP contribution < -0.4 is 9.64 Å². The number of anilines is 1. The summed E-state index contributed by atoms with van der Waals surface area (Å²) in [5, 5.41) is 23.2. The number of carbonyl (C=O) groups is 2. The van der Waals surface area contributed by atoms with E-state index in [-0.39, 0.29) is 22.0 Å². The summed E-state index contributed by atoms with van der Waals surface area (Å²) >= 11 is 1.23. The molecule has 3 aromatic carbocycles. The van der Waals surface area contributed by atoms with Crippen LogP contribution in [-0.4, -0.2) is 33.3 Å². The molecule has 10 heteroatoms. The molecule has 0 radical (unpaired) electrons. The number of fused-ring (bicyclic) bond motifs is 1. The SMILES string of the molecule is CCCCOc1cccc(C(O)=C2C(=O)C(=O)N(c3nc4ccc(C)cc4s3)C2c2cccc([N+](=O)[O-])c2)c1. The van der Waals surface area contributed by atoms with Gasteiger partial charge in [0.05, 0.1) is 33.4 Å². The Morgan fingerprint density at radius 1 is 1.13 bits per heavy atom. The van der Waals surface area contributed by atoms with E-state index in [1.165, 1.54) is 34.4 Å². The number of carbonyl (C=O) groups excluding carboxylic acids is 2. The molecule has 1 aliphatic rings. The number of Topliss-reactive ketones (excluding diaryl/α,β-unsaturated/α-hetero) is 1. The predicted molar refractivity (Wildman–Crippen MR) is 149 cm³/mol. The van der Waals surface area contributed by atoms with Gasteiger partial charge in [-0.25, -0.2) is 4.98 Å². The number of unbranched alkanes of at least 4 members (excludes halogenated alkanes) is 1. The van der Waals surface area contributed by atoms with Crippen LogP contribution in [0.5, 0.6) is 5.75 Å². The lowest BCUT2D eigenvalue weighted by Crippen LogP contribution is -2.29. The molecular formula is C29H25N3O6S. The monoisotopic (exact) mass is 543 g/mol. The van der Waals surface area contributed by atoms with E-state index in [4.69, 9.17) is 4.74 Å². The molecule has 0 saturated carbocycles. The fraction of sp³-hybridized carbons (Fsp3) is 0.207. The first kappa shape index (κ1) is 26.1. The molecule has 1 saturated heterocycles. The van der Waals surface area contributed by atoms with Crippen LogP contribution in [-0.2, 0) is 9.59 Å². The third-order valence-corrected chi connectivity index (χ3v) is 7.47. The van der Waals surface area contributed by atoms with Crippen molar-refractivity contribution in [2.45, 2.75) is 32.7 Å². The number of aliphatic hydroxyl groups excluding tert-OH is 1. The van der Waals surface area contributed by atoms with Crippen molar-refractivity contribution in [2.24, 2.45) is 0 Å². The van der Waals surface area contributed by atoms with Crippen molar-refractivity contribution in [3.05, 3.63) is 99.1 Å². The molecule has 9 nitrogen and oxygen atoms in total. The number of nitrogens with zero attached hydrogens (tertiary/aromatic N) is 3. The van der Waals surface area contributed by atoms with Crippen LogP contribution in [0.25, 0.3) is 16.0 Å². The van der Waals surface area contributed by atoms with Gasteiger partial charge < -0.3 is 9.84 Å². The second-order valence-electron chi connectivity index (χ2n) is 9.22. The fourth-order valence-electron chi connectivity index (χ4n) is 4.50. The molecule has 0 bridgehead atoms. The van der Waals surface area contributed by atoms with E-state index in [0.29, 0.717) is 23.4 Å². The first-order valence-electron chi connectivity index (χ1n) is 12.4. The first-order chi connectivity index (χ1) is 18.8. The van der Waals surface area contributed by atoms with Crippen molar-refractivity contribution in [1.82, 2.24) is 4.98 Å². The standard InChI is InChI=1S/C29H25N3O6S/c1-3-4-13-38-21-10-6-8-19(16-21)26(33)24-25(18-7-5-9-20(15-18)32(36)37)31(28(35)27(24)34)29-30-22-12-11-17(2)14-23(22)39-29/h5-12,14-16,25,33H,3-4,13H2,1-2H3. The molecule has 4 aromatic rings. The van der Waals surface area contributed by atoms with E-state index in [1.54, 1.807) is 30.3 Å². The Labute approximate surface area is 228 Å². The summed E-state index contributed by atoms with van der Waals surface area (Å²) in [5.41, 5.74) is 1.87. The molecule has 39 heavy (non-hydrogen) atoms. The molecule has 0 spiro atoms. The second-order valence-corrected chi connectivity index (χ2v) is 10.2. The van der Waals surface area contributed by atoms with Crippen molar-refractivity contribution in [3.8, 4) is 5.75 Å². The van der Waals surface area contributed by atoms with Crippen LogP contribution in [0.2, 0.25) is 0 Å². The number of ketones is 1. The highest BCUT2D eigenvalue weighted by molar-refractivity contribution is 7.22. The minimum Gasteiger partial charge on any atom is -0.507 e. The van der Waals surface area contributed by atoms with E-state index in [2.05, 4.69) is 4.98 Å². The van der Waals surface area contributed by atoms with Gasteiger partial charge in [-0.2, -0.15) is 0 Å². The maximum absolute atomic E-state index is 13.5. The number of nitro benzene ring substituents is 1. The second kappa shape index (κ2) is 10.7. The van der Waals surface area contributed by atoms with Crippen LogP contribution >= 0.6 is 11.3 Å². The maximum Gasteiger partial charge on any atom is 0.301 e. The summed E-state index contributed by atoms with van der Waals surface area (Å²) in [4.78, 5) is 43.8. The molecule has 5 rings (SSSR count). The van der Waals surface area contributed by atoms with Crippen LogP contribution in [0.3, 0.4) is 0 Å². The molecule has 1 fully saturated rings. The van der Waals surface area contributed by atoms with Crippen molar-refractivity contribution >= 4 is 49.8 Å². The molecule has 0 aliphatic carbocycles. The van der Waals surface area contributed by atoms with Crippen LogP contribution in [0.15, 0.2) is 72.3 Å². The maximum atomic E-state index is 13.5. The first-order valence-corrected chi connectivity index (χ1v) is 13.3. The van der Waals surface area contributed by atoms with Crippen molar-refractivity contribution in [2.75, 3.05) is 11.5 Å². The van der Waals surface area contributed by atoms with E-state index in [0.717, 1.165) is 23.1 Å². The Bertz CT molecular complexity index is 1640. The molecule has 198 valence electrons. The largest absolute Gasteiger partial charge is 0.507 e. The summed E-state index contributed by atoms with van der Waals surface area (Å²) in [5.74, 6) is -1.67. The highest BCUT2D eigenvalue weighted by Crippen LogP contribution is 2.45. The van der Waals surface area contributed by atoms with Gasteiger partial charge in [0.1, 0.15) is 11.5 Å². The van der Waals surface area contributed by atoms with Gasteiger partial charge >= 0.3 is 5.91 Å². The average Bonchev–Trinajstić information content (AvgIpc) is 3.46. The Morgan fingerprint density at radius 3 is 2.69 bits per heavy atom. The number of aromatic nitrogens is 1. The van der Waals surface area contributed by atoms with Crippen LogP contribution in [0, 0.1) is 17.0 Å². The van der Waals surface area contributed by atoms with E-state index < -0.39 is 28.4 Å². The minimum absolute atomic E-state index is 0.179. The lowest BCUT2D eigenvalue weighted by Gasteiger charge is -2.22. The van der Waals surface area contributed by atoms with Gasteiger partial charge in [-0.1, -0.05) is 55.0 Å². The molecule has 1 atom stereocenters. The molecule has 1 amide bonds. The predicted octanol–water partition coefficient (Wildman–Crippen LogP) is 6.32. The molecule has 1 aromatic heterocycles. The molecular weight excluding hydrogens is 518 g/mol. The summed E-state index contributed by atoms with van der Waals surface area (Å²) < 4.78 is 6.58. The fourth-order valence-corrected chi connectivity index (χ4v) is 5.59. The summed E-state index contributed by atoms with van der Waals surface area (Å²) in [6.07, 6.45) is 1.81. The Balaban J connectivity index is 1.68. The Hall–Kier alpha value is -4.57. The number of nitro groups is 1. The lowest BCUT2D eigenvalue weighted by atomic mass is 9.95. The number of amides is 1. The summed E-state index contributed by atoms with van der Waals surface area (Å²) in [7, 11) is 0. The molecule has 1 aliphatic heterocycles. The number of aliphatic hydroxyl groups is 1. The number of hydrogen-bond acceptors (Lipinski definition) is 8. The number of aryl methyl sites for hydroxylation is 1. The Morgan fingerprint density at radius 2 is 1.92 bits per heavy atom. The number of thiazole rings is 1. The molecule has 1 N–H and O–H groups in total. The van der Waals surface area contributed by atoms with Gasteiger partial charge in [0.25, 0.3) is 11.5 Å². The zero-order chi connectivity index (χ0) is 27.7. The number of benzene rings is 3. The van der Waals surface area contributed by atoms with Gasteiger partial charge in [0.2, 0.25) is 0 Å². The number of ether oxygens (including phenoxy) is 1. The van der Waals surface area contributed by atoms with Crippen LogP contribution in [0.1, 0.15) is 42.5 Å². The number of rotatable bonds is 8. The van der Waals surface area contributed by atoms with Gasteiger partial charge in [-0.15, -0.1) is 0 Å². The quantitative estimate of drug-likeness (QED) is 0.0689. The van der Waals surface area contributed by atoms with Gasteiger partial charge in [-0.3, -0.25) is 24.6 Å². The summed E-state index contributed by atoms with van der Waals surface area (Å²) in [6, 6.07) is 16.9. The van der Waals surface area contributed by atoms with Crippen molar-refractivity contribution in [1.29, 1.82) is 0 Å². The van der Waals surface area contributed by atoms with Gasteiger partial charge in [0, 0.05) is 17.7 Å². The average molecular weight is 544 g/mol. The topological polar surface area (TPSA) is 123 Å². The number of non-ortho nitro benzene ring substituents is 1. The minimum atomic E-state index is -1.13. The third-order valence-electron chi connectivity index (χ3n) is 6.45. The summed E-state index contributed by atoms with van der Waals surface area (Å²) in [6.45, 7) is 4.48. The van der Waals surface area contributed by atoms with Crippen molar-refractivity contribution in [3.63, 3.8) is 0 Å². The highest BCUT2D eigenvalue weighted by Gasteiger charge is 2.48. The molecule has 1 unspecified atom stereocenters. The van der Waals surface area contributed by atoms with Gasteiger partial charge in [0.15, 0.2) is 5.13 Å². The molecule has 2 heterocycles. The number of hydrogen-bond donors (Lipinski definition) is 1. The zero-order valence-electron chi connectivity index (χ0n) is 21.3. The lowest BCUT2D eigenvalue weighted by molar-refractivity contribution is -0.384. The van der Waals surface area contributed by atoms with Crippen LogP contribution in [0.4, 0.5) is 10.8 Å². The normalized spacial score (nSPS) is 16.7. The Kier molecular flexibility index (Phi) is 7.12. The third kappa shape index (κ3) is 4.98. The van der Waals surface area contributed by atoms with Crippen molar-refractivity contribution < 1.29 is 24.4 Å². The highest BCUT2D eigenvalue weighted by atomic mass is 32.1. The van der Waals surface area contributed by atoms with E-state index >= 15 is 0 Å². The smallest absolute Gasteiger partial charge is 0.301 e. The van der Waals surface area contributed by atoms with E-state index in [1.807, 2.05) is 32.0 Å². The zero-order valence-corrected chi connectivity index (χ0v) is 22.1.